The third-order valence-corrected chi connectivity index (χ3v) is 9.72. The first-order chi connectivity index (χ1) is 19.7. The molecule has 0 bridgehead atoms. The molecule has 0 aliphatic rings. The van der Waals surface area contributed by atoms with Crippen LogP contribution in [-0.2, 0) is 21.2 Å². The number of rotatable bonds is 9. The number of benzene rings is 3. The van der Waals surface area contributed by atoms with Crippen molar-refractivity contribution >= 4 is 49.4 Å². The molecule has 0 unspecified atom stereocenters. The van der Waals surface area contributed by atoms with Crippen molar-refractivity contribution in [1.82, 2.24) is 8.77 Å². The van der Waals surface area contributed by atoms with Crippen LogP contribution in [0.4, 0.5) is 5.69 Å². The molecule has 0 atom stereocenters. The van der Waals surface area contributed by atoms with Crippen molar-refractivity contribution in [2.45, 2.75) is 31.6 Å². The van der Waals surface area contributed by atoms with Gasteiger partial charge in [-0.3, -0.25) is 4.79 Å². The summed E-state index contributed by atoms with van der Waals surface area (Å²) in [6.07, 6.45) is 0.893. The third kappa shape index (κ3) is 6.34. The number of ether oxygens (including phenoxy) is 2. The summed E-state index contributed by atoms with van der Waals surface area (Å²) in [5.74, 6) is 1.04. The molecule has 5 rings (SSSR count). The van der Waals surface area contributed by atoms with Crippen molar-refractivity contribution in [3.05, 3.63) is 87.5 Å². The lowest BCUT2D eigenvalue weighted by Crippen LogP contribution is -2.12. The van der Waals surface area contributed by atoms with Crippen molar-refractivity contribution in [3.8, 4) is 22.8 Å². The van der Waals surface area contributed by atoms with Crippen molar-refractivity contribution in [3.63, 3.8) is 0 Å². The second-order valence-corrected chi connectivity index (χ2v) is 13.0. The summed E-state index contributed by atoms with van der Waals surface area (Å²) in [6, 6.07) is 19.8. The molecule has 2 heterocycles. The zero-order valence-corrected chi connectivity index (χ0v) is 25.3. The zero-order chi connectivity index (χ0) is 29.1. The number of thiazole rings is 1. The van der Waals surface area contributed by atoms with Crippen LogP contribution in [0.1, 0.15) is 22.4 Å². The highest BCUT2D eigenvalue weighted by Gasteiger charge is 2.17. The van der Waals surface area contributed by atoms with Gasteiger partial charge in [-0.2, -0.15) is 13.4 Å². The Balaban J connectivity index is 1.30. The topological polar surface area (TPSA) is 111 Å². The highest BCUT2D eigenvalue weighted by atomic mass is 32.2. The Kier molecular flexibility index (Phi) is 8.25. The number of anilines is 1. The molecule has 0 aliphatic carbocycles. The predicted octanol–water partition coefficient (Wildman–Crippen LogP) is 5.62. The molecule has 12 heteroatoms. The smallest absolute Gasteiger partial charge is 0.285 e. The van der Waals surface area contributed by atoms with Gasteiger partial charge in [-0.05, 0) is 61.6 Å². The Morgan fingerprint density at radius 3 is 2.37 bits per heavy atom. The van der Waals surface area contributed by atoms with E-state index in [-0.39, 0.29) is 15.6 Å². The van der Waals surface area contributed by atoms with Crippen LogP contribution in [0, 0.1) is 13.8 Å². The Hall–Kier alpha value is -4.00. The van der Waals surface area contributed by atoms with Crippen LogP contribution in [0.2, 0.25) is 0 Å². The normalized spacial score (nSPS) is 12.0. The third-order valence-electron chi connectivity index (χ3n) is 6.37. The monoisotopic (exact) mass is 608 g/mol. The van der Waals surface area contributed by atoms with Gasteiger partial charge in [0, 0.05) is 28.6 Å². The van der Waals surface area contributed by atoms with Crippen molar-refractivity contribution in [2.24, 2.45) is 4.40 Å². The maximum atomic E-state index is 12.8. The van der Waals surface area contributed by atoms with Crippen LogP contribution in [0.5, 0.6) is 11.5 Å². The first kappa shape index (κ1) is 28.5. The lowest BCUT2D eigenvalue weighted by molar-refractivity contribution is -0.116. The fourth-order valence-corrected chi connectivity index (χ4v) is 7.48. The van der Waals surface area contributed by atoms with Gasteiger partial charge in [0.25, 0.3) is 10.0 Å². The van der Waals surface area contributed by atoms with Crippen molar-refractivity contribution in [2.75, 3.05) is 19.5 Å². The van der Waals surface area contributed by atoms with E-state index in [0.29, 0.717) is 35.0 Å². The minimum absolute atomic E-state index is 0.103. The minimum atomic E-state index is -3.87. The molecule has 3 aromatic carbocycles. The van der Waals surface area contributed by atoms with Crippen LogP contribution < -0.4 is 19.6 Å². The lowest BCUT2D eigenvalue weighted by atomic mass is 10.0. The summed E-state index contributed by atoms with van der Waals surface area (Å²) in [4.78, 5) is 19.1. The molecule has 1 N–H and O–H groups in total. The summed E-state index contributed by atoms with van der Waals surface area (Å²) < 4.78 is 42.0. The van der Waals surface area contributed by atoms with Crippen LogP contribution in [0.3, 0.4) is 0 Å². The van der Waals surface area contributed by atoms with Crippen molar-refractivity contribution < 1.29 is 22.7 Å². The Morgan fingerprint density at radius 1 is 0.976 bits per heavy atom. The second kappa shape index (κ2) is 11.9. The molecule has 0 aliphatic heterocycles. The van der Waals surface area contributed by atoms with Crippen LogP contribution in [0.25, 0.3) is 16.2 Å². The van der Waals surface area contributed by atoms with Gasteiger partial charge in [0.05, 0.1) is 24.8 Å². The van der Waals surface area contributed by atoms with Gasteiger partial charge in [-0.15, -0.1) is 15.7 Å². The summed E-state index contributed by atoms with van der Waals surface area (Å²) in [5, 5.41) is 2.90. The van der Waals surface area contributed by atoms with Crippen LogP contribution in [-0.4, -0.2) is 37.3 Å². The molecule has 0 fully saturated rings. The van der Waals surface area contributed by atoms with Gasteiger partial charge >= 0.3 is 0 Å². The number of methoxy groups -OCH3 is 2. The molecular formula is C29H28N4O5S3. The Labute approximate surface area is 246 Å². The molecule has 41 heavy (non-hydrogen) atoms. The summed E-state index contributed by atoms with van der Waals surface area (Å²) in [7, 11) is -0.757. The first-order valence-electron chi connectivity index (χ1n) is 12.6. The van der Waals surface area contributed by atoms with Gasteiger partial charge < -0.3 is 14.8 Å². The molecule has 0 radical (unpaired) electrons. The SMILES string of the molecule is COc1ccc(NC(=O)CCc2ccc(-c3c(C)sc4n/c(=N\S(=O)(=O)c5ccc(C)cc5)sn34)cc2)cc1OC. The van der Waals surface area contributed by atoms with E-state index in [1.165, 1.54) is 22.9 Å². The van der Waals surface area contributed by atoms with Crippen LogP contribution >= 0.6 is 22.9 Å². The number of amides is 1. The number of carbonyl (C=O) groups excluding carboxylic acids is 1. The Morgan fingerprint density at radius 2 is 1.68 bits per heavy atom. The van der Waals surface area contributed by atoms with Gasteiger partial charge in [-0.1, -0.05) is 42.0 Å². The summed E-state index contributed by atoms with van der Waals surface area (Å²) in [5.41, 5.74) is 4.54. The van der Waals surface area contributed by atoms with Gasteiger partial charge in [0.15, 0.2) is 11.5 Å². The fourth-order valence-electron chi connectivity index (χ4n) is 4.25. The number of aryl methyl sites for hydroxylation is 3. The van der Waals surface area contributed by atoms with Gasteiger partial charge in [-0.25, -0.2) is 3.79 Å². The molecule has 212 valence electrons. The largest absolute Gasteiger partial charge is 0.493 e. The number of carbonyl (C=O) groups is 1. The number of fused-ring (bicyclic) bond motifs is 1. The average Bonchev–Trinajstić information content (AvgIpc) is 3.47. The van der Waals surface area contributed by atoms with E-state index in [0.717, 1.165) is 27.3 Å². The van der Waals surface area contributed by atoms with E-state index >= 15 is 0 Å². The Bertz CT molecular complexity index is 1890. The van der Waals surface area contributed by atoms with Crippen LogP contribution in [0.15, 0.2) is 76.0 Å². The maximum absolute atomic E-state index is 12.8. The van der Waals surface area contributed by atoms with E-state index in [1.54, 1.807) is 56.7 Å². The molecule has 1 amide bonds. The number of hydrogen-bond donors (Lipinski definition) is 1. The fraction of sp³-hybridized carbons (Fsp3) is 0.207. The summed E-state index contributed by atoms with van der Waals surface area (Å²) >= 11 is 2.67. The molecule has 2 aromatic heterocycles. The van der Waals surface area contributed by atoms with E-state index in [2.05, 4.69) is 14.7 Å². The number of nitrogens with one attached hydrogen (secondary N) is 1. The van der Waals surface area contributed by atoms with E-state index in [4.69, 9.17) is 9.47 Å². The summed E-state index contributed by atoms with van der Waals surface area (Å²) in [6.45, 7) is 3.90. The maximum Gasteiger partial charge on any atom is 0.285 e. The number of sulfonamides is 1. The van der Waals surface area contributed by atoms with Crippen molar-refractivity contribution in [1.29, 1.82) is 0 Å². The van der Waals surface area contributed by atoms with Gasteiger partial charge in [0.1, 0.15) is 0 Å². The molecule has 0 saturated carbocycles. The highest BCUT2D eigenvalue weighted by Crippen LogP contribution is 2.32. The second-order valence-electron chi connectivity index (χ2n) is 9.26. The minimum Gasteiger partial charge on any atom is -0.493 e. The lowest BCUT2D eigenvalue weighted by Gasteiger charge is -2.10. The quantitative estimate of drug-likeness (QED) is 0.233. The molecule has 9 nitrogen and oxygen atoms in total. The van der Waals surface area contributed by atoms with E-state index < -0.39 is 10.0 Å². The molecule has 0 spiro atoms. The van der Waals surface area contributed by atoms with E-state index in [9.17, 15) is 13.2 Å². The number of aromatic nitrogens is 2. The number of hydrogen-bond acceptors (Lipinski definition) is 8. The standard InChI is InChI=1S/C29H28N4O5S3/c1-18-5-13-23(14-6-18)41(35,36)32-28-31-29-33(40-28)27(19(2)39-29)21-10-7-20(8-11-21)9-16-26(34)30-22-12-15-24(37-3)25(17-22)38-4/h5-8,10-15,17H,9,16H2,1-4H3,(H,30,34)/b32-28+. The zero-order valence-electron chi connectivity index (χ0n) is 22.9. The highest BCUT2D eigenvalue weighted by molar-refractivity contribution is 7.90. The first-order valence-corrected chi connectivity index (χ1v) is 15.7. The van der Waals surface area contributed by atoms with E-state index in [1.807, 2.05) is 41.9 Å². The average molecular weight is 609 g/mol. The molecular weight excluding hydrogens is 581 g/mol. The number of nitrogens with zero attached hydrogens (tertiary/aromatic N) is 3. The predicted molar refractivity (Wildman–Crippen MR) is 162 cm³/mol. The van der Waals surface area contributed by atoms with Gasteiger partial charge in [0.2, 0.25) is 15.7 Å². The molecule has 0 saturated heterocycles. The molecule has 5 aromatic rings.